The molecule has 2 aromatic carbocycles. The van der Waals surface area contributed by atoms with E-state index in [-0.39, 0.29) is 5.69 Å². The van der Waals surface area contributed by atoms with Crippen LogP contribution in [0.5, 0.6) is 0 Å². The summed E-state index contributed by atoms with van der Waals surface area (Å²) in [7, 11) is 0. The van der Waals surface area contributed by atoms with E-state index >= 15 is 0 Å². The van der Waals surface area contributed by atoms with E-state index in [1.165, 1.54) is 6.07 Å². The fraction of sp³-hybridized carbons (Fsp3) is 0.133. The highest BCUT2D eigenvalue weighted by Gasteiger charge is 2.12. The molecule has 0 atom stereocenters. The van der Waals surface area contributed by atoms with Gasteiger partial charge in [0.2, 0.25) is 0 Å². The first-order valence-corrected chi connectivity index (χ1v) is 6.35. The topological polar surface area (TPSA) is 84.3 Å². The molecule has 6 nitrogen and oxygen atoms in total. The highest BCUT2D eigenvalue weighted by Crippen LogP contribution is 2.22. The molecule has 0 bridgehead atoms. The molecule has 21 heavy (non-hydrogen) atoms. The smallest absolute Gasteiger partial charge is 0.308 e. The van der Waals surface area contributed by atoms with Gasteiger partial charge in [0.1, 0.15) is 0 Å². The number of hydrogen-bond donors (Lipinski definition) is 2. The van der Waals surface area contributed by atoms with Crippen molar-refractivity contribution in [1.82, 2.24) is 0 Å². The largest absolute Gasteiger partial charge is 0.323 e. The van der Waals surface area contributed by atoms with Crippen molar-refractivity contribution in [3.8, 4) is 0 Å². The Morgan fingerprint density at radius 3 is 2.19 bits per heavy atom. The van der Waals surface area contributed by atoms with E-state index in [1.54, 1.807) is 31.2 Å². The van der Waals surface area contributed by atoms with E-state index in [1.807, 2.05) is 19.1 Å². The molecule has 0 heterocycles. The van der Waals surface area contributed by atoms with E-state index in [4.69, 9.17) is 0 Å². The van der Waals surface area contributed by atoms with Crippen molar-refractivity contribution >= 4 is 23.1 Å². The van der Waals surface area contributed by atoms with Crippen LogP contribution in [-0.4, -0.2) is 11.0 Å². The van der Waals surface area contributed by atoms with Crippen LogP contribution in [0.1, 0.15) is 11.1 Å². The molecule has 0 aliphatic carbocycles. The third-order valence-electron chi connectivity index (χ3n) is 2.97. The van der Waals surface area contributed by atoms with Crippen LogP contribution in [0.4, 0.5) is 21.9 Å². The van der Waals surface area contributed by atoms with Gasteiger partial charge < -0.3 is 10.6 Å². The van der Waals surface area contributed by atoms with Crippen LogP contribution in [-0.2, 0) is 0 Å². The minimum Gasteiger partial charge on any atom is -0.308 e. The molecule has 2 N–H and O–H groups in total. The van der Waals surface area contributed by atoms with Crippen LogP contribution in [0.25, 0.3) is 0 Å². The Morgan fingerprint density at radius 2 is 1.57 bits per heavy atom. The van der Waals surface area contributed by atoms with Gasteiger partial charge in [0.25, 0.3) is 5.69 Å². The first-order chi connectivity index (χ1) is 9.95. The maximum atomic E-state index is 11.8. The van der Waals surface area contributed by atoms with E-state index in [2.05, 4.69) is 10.6 Å². The molecule has 0 aromatic heterocycles. The summed E-state index contributed by atoms with van der Waals surface area (Å²) in [5.74, 6) is 0. The predicted octanol–water partition coefficient (Wildman–Crippen LogP) is 3.86. The molecule has 108 valence electrons. The lowest BCUT2D eigenvalue weighted by Gasteiger charge is -2.08. The van der Waals surface area contributed by atoms with Gasteiger partial charge in [-0.3, -0.25) is 10.1 Å². The van der Waals surface area contributed by atoms with Crippen LogP contribution < -0.4 is 10.6 Å². The van der Waals surface area contributed by atoms with Gasteiger partial charge in [0, 0.05) is 23.0 Å². The Morgan fingerprint density at radius 1 is 1.00 bits per heavy atom. The molecule has 0 fully saturated rings. The number of amides is 2. The molecule has 0 saturated heterocycles. The molecule has 0 unspecified atom stereocenters. The number of rotatable bonds is 3. The van der Waals surface area contributed by atoms with Gasteiger partial charge in [-0.15, -0.1) is 0 Å². The molecular formula is C15H15N3O3. The molecule has 2 amide bonds. The predicted molar refractivity (Wildman–Crippen MR) is 81.7 cm³/mol. The number of benzene rings is 2. The highest BCUT2D eigenvalue weighted by molar-refractivity contribution is 5.99. The number of hydrogen-bond acceptors (Lipinski definition) is 3. The monoisotopic (exact) mass is 285 g/mol. The van der Waals surface area contributed by atoms with Gasteiger partial charge in [0.15, 0.2) is 0 Å². The van der Waals surface area contributed by atoms with Crippen molar-refractivity contribution in [1.29, 1.82) is 0 Å². The number of carbonyl (C=O) groups excluding carboxylic acids is 1. The van der Waals surface area contributed by atoms with Crippen LogP contribution in [0, 0.1) is 24.0 Å². The molecule has 0 aliphatic heterocycles. The van der Waals surface area contributed by atoms with Crippen molar-refractivity contribution in [2.45, 2.75) is 13.8 Å². The van der Waals surface area contributed by atoms with Crippen molar-refractivity contribution in [3.63, 3.8) is 0 Å². The van der Waals surface area contributed by atoms with Gasteiger partial charge in [-0.05, 0) is 32.0 Å². The third-order valence-corrected chi connectivity index (χ3v) is 2.97. The molecule has 0 saturated carbocycles. The van der Waals surface area contributed by atoms with Crippen LogP contribution in [0.2, 0.25) is 0 Å². The second kappa shape index (κ2) is 6.04. The summed E-state index contributed by atoms with van der Waals surface area (Å²) < 4.78 is 0. The molecule has 2 rings (SSSR count). The first-order valence-electron chi connectivity index (χ1n) is 6.35. The minimum atomic E-state index is -0.474. The Hall–Kier alpha value is -2.89. The van der Waals surface area contributed by atoms with Crippen molar-refractivity contribution < 1.29 is 9.72 Å². The summed E-state index contributed by atoms with van der Waals surface area (Å²) in [5, 5.41) is 16.1. The summed E-state index contributed by atoms with van der Waals surface area (Å²) in [6, 6.07) is 11.4. The van der Waals surface area contributed by atoms with Crippen molar-refractivity contribution in [2.75, 3.05) is 10.6 Å². The molecule has 6 heteroatoms. The molecular weight excluding hydrogens is 270 g/mol. The van der Waals surface area contributed by atoms with Crippen molar-refractivity contribution in [3.05, 3.63) is 63.7 Å². The minimum absolute atomic E-state index is 0.0249. The number of nitrogens with zero attached hydrogens (tertiary/aromatic N) is 1. The van der Waals surface area contributed by atoms with E-state index in [9.17, 15) is 14.9 Å². The van der Waals surface area contributed by atoms with Crippen LogP contribution in [0.15, 0.2) is 42.5 Å². The second-order valence-electron chi connectivity index (χ2n) is 4.70. The molecule has 0 radical (unpaired) electrons. The van der Waals surface area contributed by atoms with Crippen LogP contribution >= 0.6 is 0 Å². The van der Waals surface area contributed by atoms with Gasteiger partial charge in [-0.2, -0.15) is 0 Å². The Bertz CT molecular complexity index is 681. The number of anilines is 2. The maximum Gasteiger partial charge on any atom is 0.323 e. The molecule has 0 spiro atoms. The molecule has 0 aliphatic rings. The lowest BCUT2D eigenvalue weighted by Crippen LogP contribution is -2.19. The van der Waals surface area contributed by atoms with Gasteiger partial charge in [-0.1, -0.05) is 23.8 Å². The summed E-state index contributed by atoms with van der Waals surface area (Å²) in [6.45, 7) is 3.60. The number of aryl methyl sites for hydroxylation is 2. The first kappa shape index (κ1) is 14.5. The second-order valence-corrected chi connectivity index (χ2v) is 4.70. The Labute approximate surface area is 121 Å². The zero-order chi connectivity index (χ0) is 15.4. The van der Waals surface area contributed by atoms with Gasteiger partial charge in [0.05, 0.1) is 4.92 Å². The standard InChI is InChI=1S/C15H15N3O3/c1-10-3-6-12(7-4-10)16-15(19)17-13-8-5-11(2)14(9-13)18(20)21/h3-9H,1-2H3,(H2,16,17,19). The fourth-order valence-corrected chi connectivity index (χ4v) is 1.81. The number of urea groups is 1. The third kappa shape index (κ3) is 3.79. The number of carbonyl (C=O) groups is 1. The SMILES string of the molecule is Cc1ccc(NC(=O)Nc2ccc(C)c([N+](=O)[O-])c2)cc1. The number of nitro groups is 1. The Kier molecular flexibility index (Phi) is 4.18. The summed E-state index contributed by atoms with van der Waals surface area (Å²) in [6.07, 6.45) is 0. The number of nitrogens with one attached hydrogen (secondary N) is 2. The average molecular weight is 285 g/mol. The maximum absolute atomic E-state index is 11.8. The number of nitro benzene ring substituents is 1. The average Bonchev–Trinajstić information content (AvgIpc) is 2.43. The normalized spacial score (nSPS) is 10.0. The zero-order valence-electron chi connectivity index (χ0n) is 11.7. The van der Waals surface area contributed by atoms with E-state index in [0.29, 0.717) is 16.9 Å². The summed E-state index contributed by atoms with van der Waals surface area (Å²) in [5.41, 5.74) is 2.64. The zero-order valence-corrected chi connectivity index (χ0v) is 11.7. The van der Waals surface area contributed by atoms with Crippen molar-refractivity contribution in [2.24, 2.45) is 0 Å². The van der Waals surface area contributed by atoms with E-state index < -0.39 is 11.0 Å². The Balaban J connectivity index is 2.07. The molecule has 2 aromatic rings. The highest BCUT2D eigenvalue weighted by atomic mass is 16.6. The van der Waals surface area contributed by atoms with Crippen LogP contribution in [0.3, 0.4) is 0 Å². The summed E-state index contributed by atoms with van der Waals surface area (Å²) >= 11 is 0. The quantitative estimate of drug-likeness (QED) is 0.663. The van der Waals surface area contributed by atoms with Gasteiger partial charge >= 0.3 is 6.03 Å². The van der Waals surface area contributed by atoms with E-state index in [0.717, 1.165) is 5.56 Å². The fourth-order valence-electron chi connectivity index (χ4n) is 1.81. The lowest BCUT2D eigenvalue weighted by molar-refractivity contribution is -0.385. The lowest BCUT2D eigenvalue weighted by atomic mass is 10.2. The summed E-state index contributed by atoms with van der Waals surface area (Å²) in [4.78, 5) is 22.2. The van der Waals surface area contributed by atoms with Gasteiger partial charge in [-0.25, -0.2) is 4.79 Å².